The Kier molecular flexibility index (Phi) is 3.03. The Morgan fingerprint density at radius 3 is 2.72 bits per heavy atom. The second-order valence-electron chi connectivity index (χ2n) is 4.70. The summed E-state index contributed by atoms with van der Waals surface area (Å²) >= 11 is 0. The van der Waals surface area contributed by atoms with Gasteiger partial charge in [-0.1, -0.05) is 24.3 Å². The van der Waals surface area contributed by atoms with Crippen LogP contribution in [0.4, 0.5) is 0 Å². The van der Waals surface area contributed by atoms with E-state index in [1.54, 1.807) is 0 Å². The van der Waals surface area contributed by atoms with Gasteiger partial charge < -0.3 is 10.1 Å². The minimum atomic E-state index is 0.410. The summed E-state index contributed by atoms with van der Waals surface area (Å²) in [7, 11) is 0. The molecule has 92 valence electrons. The van der Waals surface area contributed by atoms with Crippen LogP contribution in [0.5, 0.6) is 11.5 Å². The molecule has 0 amide bonds. The first-order valence-electron chi connectivity index (χ1n) is 6.42. The normalized spacial score (nSPS) is 18.2. The third-order valence-corrected chi connectivity index (χ3v) is 3.41. The van der Waals surface area contributed by atoms with E-state index in [1.165, 1.54) is 11.1 Å². The maximum Gasteiger partial charge on any atom is 0.127 e. The summed E-state index contributed by atoms with van der Waals surface area (Å²) in [6.07, 6.45) is 1.10. The van der Waals surface area contributed by atoms with Crippen LogP contribution in [-0.4, -0.2) is 6.54 Å². The molecule has 3 rings (SSSR count). The van der Waals surface area contributed by atoms with Crippen molar-refractivity contribution in [3.63, 3.8) is 0 Å². The topological polar surface area (TPSA) is 21.3 Å². The highest BCUT2D eigenvalue weighted by Crippen LogP contribution is 2.29. The molecule has 1 unspecified atom stereocenters. The highest BCUT2D eigenvalue weighted by Gasteiger charge is 2.16. The van der Waals surface area contributed by atoms with E-state index in [2.05, 4.69) is 30.4 Å². The molecule has 0 saturated heterocycles. The lowest BCUT2D eigenvalue weighted by atomic mass is 9.95. The minimum Gasteiger partial charge on any atom is -0.457 e. The van der Waals surface area contributed by atoms with E-state index in [4.69, 9.17) is 4.74 Å². The molecular weight excluding hydrogens is 222 g/mol. The monoisotopic (exact) mass is 239 g/mol. The standard InChI is InChI=1S/C16H17NO/c1-12-16-11-15(8-7-13(16)9-10-17-12)18-14-5-3-2-4-6-14/h2-8,11-12,17H,9-10H2,1H3. The highest BCUT2D eigenvalue weighted by molar-refractivity contribution is 5.41. The molecule has 0 saturated carbocycles. The van der Waals surface area contributed by atoms with Gasteiger partial charge in [0.05, 0.1) is 0 Å². The van der Waals surface area contributed by atoms with Crippen LogP contribution in [-0.2, 0) is 6.42 Å². The van der Waals surface area contributed by atoms with Crippen molar-refractivity contribution in [2.45, 2.75) is 19.4 Å². The Balaban J connectivity index is 1.88. The van der Waals surface area contributed by atoms with Gasteiger partial charge in [-0.3, -0.25) is 0 Å². The Morgan fingerprint density at radius 2 is 1.89 bits per heavy atom. The molecule has 1 N–H and O–H groups in total. The summed E-state index contributed by atoms with van der Waals surface area (Å²) in [5.74, 6) is 1.80. The average Bonchev–Trinajstić information content (AvgIpc) is 2.41. The number of para-hydroxylation sites is 1. The third kappa shape index (κ3) is 2.24. The van der Waals surface area contributed by atoms with Gasteiger partial charge in [0.15, 0.2) is 0 Å². The average molecular weight is 239 g/mol. The fourth-order valence-corrected chi connectivity index (χ4v) is 2.43. The predicted octanol–water partition coefficient (Wildman–Crippen LogP) is 3.69. The molecule has 1 atom stereocenters. The maximum atomic E-state index is 5.86. The van der Waals surface area contributed by atoms with E-state index < -0.39 is 0 Å². The fourth-order valence-electron chi connectivity index (χ4n) is 2.43. The van der Waals surface area contributed by atoms with Gasteiger partial charge in [-0.05, 0) is 55.3 Å². The molecule has 1 aliphatic rings. The van der Waals surface area contributed by atoms with Crippen LogP contribution >= 0.6 is 0 Å². The Bertz CT molecular complexity index is 536. The number of nitrogens with one attached hydrogen (secondary N) is 1. The van der Waals surface area contributed by atoms with E-state index in [0.717, 1.165) is 24.5 Å². The van der Waals surface area contributed by atoms with Crippen LogP contribution in [0, 0.1) is 0 Å². The number of rotatable bonds is 2. The van der Waals surface area contributed by atoms with Crippen molar-refractivity contribution in [2.75, 3.05) is 6.54 Å². The summed E-state index contributed by atoms with van der Waals surface area (Å²) in [5, 5.41) is 3.47. The molecule has 0 spiro atoms. The van der Waals surface area contributed by atoms with Gasteiger partial charge in [0.2, 0.25) is 0 Å². The predicted molar refractivity (Wildman–Crippen MR) is 73.1 cm³/mol. The van der Waals surface area contributed by atoms with Crippen molar-refractivity contribution in [1.82, 2.24) is 5.32 Å². The molecule has 0 fully saturated rings. The Morgan fingerprint density at radius 1 is 1.06 bits per heavy atom. The van der Waals surface area contributed by atoms with Gasteiger partial charge in [0.25, 0.3) is 0 Å². The Hall–Kier alpha value is -1.80. The largest absolute Gasteiger partial charge is 0.457 e. The number of fused-ring (bicyclic) bond motifs is 1. The van der Waals surface area contributed by atoms with Crippen molar-refractivity contribution < 1.29 is 4.74 Å². The molecule has 2 aromatic rings. The van der Waals surface area contributed by atoms with Gasteiger partial charge >= 0.3 is 0 Å². The highest BCUT2D eigenvalue weighted by atomic mass is 16.5. The van der Waals surface area contributed by atoms with Gasteiger partial charge in [-0.25, -0.2) is 0 Å². The molecule has 0 aliphatic carbocycles. The third-order valence-electron chi connectivity index (χ3n) is 3.41. The molecule has 2 heteroatoms. The summed E-state index contributed by atoms with van der Waals surface area (Å²) in [6, 6.07) is 16.7. The second kappa shape index (κ2) is 4.83. The van der Waals surface area contributed by atoms with Crippen molar-refractivity contribution in [1.29, 1.82) is 0 Å². The van der Waals surface area contributed by atoms with Crippen LogP contribution < -0.4 is 10.1 Å². The van der Waals surface area contributed by atoms with Crippen molar-refractivity contribution >= 4 is 0 Å². The van der Waals surface area contributed by atoms with Crippen LogP contribution in [0.3, 0.4) is 0 Å². The lowest BCUT2D eigenvalue weighted by Crippen LogP contribution is -2.27. The van der Waals surface area contributed by atoms with E-state index in [9.17, 15) is 0 Å². The van der Waals surface area contributed by atoms with Gasteiger partial charge in [0.1, 0.15) is 11.5 Å². The summed E-state index contributed by atoms with van der Waals surface area (Å²) in [5.41, 5.74) is 2.79. The number of ether oxygens (including phenoxy) is 1. The lowest BCUT2D eigenvalue weighted by molar-refractivity contribution is 0.476. The summed E-state index contributed by atoms with van der Waals surface area (Å²) in [4.78, 5) is 0. The summed E-state index contributed by atoms with van der Waals surface area (Å²) in [6.45, 7) is 3.26. The first-order chi connectivity index (χ1) is 8.83. The number of benzene rings is 2. The van der Waals surface area contributed by atoms with Gasteiger partial charge in [-0.15, -0.1) is 0 Å². The maximum absolute atomic E-state index is 5.86. The molecule has 1 aliphatic heterocycles. The first-order valence-corrected chi connectivity index (χ1v) is 6.42. The zero-order valence-electron chi connectivity index (χ0n) is 10.5. The number of hydrogen-bond donors (Lipinski definition) is 1. The second-order valence-corrected chi connectivity index (χ2v) is 4.70. The molecule has 0 aromatic heterocycles. The van der Waals surface area contributed by atoms with E-state index >= 15 is 0 Å². The number of hydrogen-bond acceptors (Lipinski definition) is 2. The molecule has 2 aromatic carbocycles. The van der Waals surface area contributed by atoms with Crippen molar-refractivity contribution in [2.24, 2.45) is 0 Å². The fraction of sp³-hybridized carbons (Fsp3) is 0.250. The SMILES string of the molecule is CC1NCCc2ccc(Oc3ccccc3)cc21. The van der Waals surface area contributed by atoms with E-state index in [-0.39, 0.29) is 0 Å². The molecule has 2 nitrogen and oxygen atoms in total. The van der Waals surface area contributed by atoms with Gasteiger partial charge in [-0.2, -0.15) is 0 Å². The van der Waals surface area contributed by atoms with Crippen molar-refractivity contribution in [3.8, 4) is 11.5 Å². The zero-order chi connectivity index (χ0) is 12.4. The van der Waals surface area contributed by atoms with Crippen LogP contribution in [0.25, 0.3) is 0 Å². The van der Waals surface area contributed by atoms with Crippen LogP contribution in [0.2, 0.25) is 0 Å². The molecular formula is C16H17NO. The quantitative estimate of drug-likeness (QED) is 0.863. The Labute approximate surface area is 108 Å². The molecule has 0 radical (unpaired) electrons. The molecule has 1 heterocycles. The van der Waals surface area contributed by atoms with Crippen LogP contribution in [0.1, 0.15) is 24.1 Å². The van der Waals surface area contributed by atoms with Crippen molar-refractivity contribution in [3.05, 3.63) is 59.7 Å². The van der Waals surface area contributed by atoms with E-state index in [1.807, 2.05) is 30.3 Å². The van der Waals surface area contributed by atoms with Crippen LogP contribution in [0.15, 0.2) is 48.5 Å². The molecule has 18 heavy (non-hydrogen) atoms. The summed E-state index contributed by atoms with van der Waals surface area (Å²) < 4.78 is 5.86. The smallest absolute Gasteiger partial charge is 0.127 e. The van der Waals surface area contributed by atoms with E-state index in [0.29, 0.717) is 6.04 Å². The first kappa shape index (κ1) is 11.3. The minimum absolute atomic E-state index is 0.410. The molecule has 0 bridgehead atoms. The zero-order valence-corrected chi connectivity index (χ0v) is 10.5. The van der Waals surface area contributed by atoms with Gasteiger partial charge in [0, 0.05) is 6.04 Å². The lowest BCUT2D eigenvalue weighted by Gasteiger charge is -2.24.